The monoisotopic (exact) mass is 228 g/mol. The molecule has 0 radical (unpaired) electrons. The van der Waals surface area contributed by atoms with Crippen molar-refractivity contribution in [3.8, 4) is 0 Å². The Labute approximate surface area is 95.5 Å². The van der Waals surface area contributed by atoms with Gasteiger partial charge in [0, 0.05) is 10.6 Å². The second-order valence-corrected chi connectivity index (χ2v) is 4.56. The number of hydrogen-bond donors (Lipinski definition) is 2. The quantitative estimate of drug-likeness (QED) is 0.835. The molecule has 15 heavy (non-hydrogen) atoms. The lowest BCUT2D eigenvalue weighted by molar-refractivity contribution is -0.00965. The van der Waals surface area contributed by atoms with Crippen LogP contribution in [0.2, 0.25) is 5.02 Å². The second kappa shape index (κ2) is 4.97. The Bertz CT molecular complexity index is 316. The molecule has 0 bridgehead atoms. The minimum absolute atomic E-state index is 0.00401. The summed E-state index contributed by atoms with van der Waals surface area (Å²) in [6, 6.07) is 5.42. The van der Waals surface area contributed by atoms with Gasteiger partial charge in [0.2, 0.25) is 0 Å². The molecule has 0 aromatic heterocycles. The zero-order chi connectivity index (χ0) is 11.6. The second-order valence-electron chi connectivity index (χ2n) is 4.15. The van der Waals surface area contributed by atoms with Crippen molar-refractivity contribution in [3.05, 3.63) is 34.3 Å². The summed E-state index contributed by atoms with van der Waals surface area (Å²) in [6.45, 7) is 5.59. The molecule has 0 unspecified atom stereocenters. The molecule has 0 heterocycles. The van der Waals surface area contributed by atoms with Gasteiger partial charge in [-0.15, -0.1) is 0 Å². The van der Waals surface area contributed by atoms with E-state index in [1.54, 1.807) is 6.07 Å². The number of rotatable bonds is 3. The first-order valence-electron chi connectivity index (χ1n) is 5.06. The van der Waals surface area contributed by atoms with Crippen LogP contribution in [0.25, 0.3) is 0 Å². The third-order valence-electron chi connectivity index (χ3n) is 2.57. The van der Waals surface area contributed by atoms with E-state index in [0.717, 1.165) is 5.56 Å². The summed E-state index contributed by atoms with van der Waals surface area (Å²) < 4.78 is 0. The lowest BCUT2D eigenvalue weighted by Crippen LogP contribution is -2.24. The summed E-state index contributed by atoms with van der Waals surface area (Å²) >= 11 is 6.00. The Balaban J connectivity index is 3.05. The van der Waals surface area contributed by atoms with Gasteiger partial charge in [-0.2, -0.15) is 0 Å². The first-order chi connectivity index (χ1) is 6.95. The summed E-state index contributed by atoms with van der Waals surface area (Å²) in [5.41, 5.74) is 1.52. The summed E-state index contributed by atoms with van der Waals surface area (Å²) in [4.78, 5) is 0. The van der Waals surface area contributed by atoms with E-state index >= 15 is 0 Å². The number of benzene rings is 1. The number of halogens is 1. The Morgan fingerprint density at radius 2 is 1.80 bits per heavy atom. The molecule has 0 spiro atoms. The highest BCUT2D eigenvalue weighted by atomic mass is 35.5. The van der Waals surface area contributed by atoms with Crippen LogP contribution in [0.3, 0.4) is 0 Å². The van der Waals surface area contributed by atoms with E-state index in [0.29, 0.717) is 10.6 Å². The molecule has 1 rings (SSSR count). The normalized spacial score (nSPS) is 15.4. The Morgan fingerprint density at radius 3 is 2.27 bits per heavy atom. The highest BCUT2D eigenvalue weighted by molar-refractivity contribution is 6.31. The maximum atomic E-state index is 9.99. The van der Waals surface area contributed by atoms with Crippen molar-refractivity contribution in [2.24, 2.45) is 5.92 Å². The Kier molecular flexibility index (Phi) is 4.14. The highest BCUT2D eigenvalue weighted by Crippen LogP contribution is 2.30. The van der Waals surface area contributed by atoms with E-state index < -0.39 is 12.2 Å². The summed E-state index contributed by atoms with van der Waals surface area (Å²) in [5.74, 6) is -0.00401. The minimum atomic E-state index is -0.918. The van der Waals surface area contributed by atoms with Crippen LogP contribution in [-0.2, 0) is 0 Å². The molecule has 84 valence electrons. The number of aliphatic hydroxyl groups is 2. The highest BCUT2D eigenvalue weighted by Gasteiger charge is 2.24. The van der Waals surface area contributed by atoms with Gasteiger partial charge in [-0.05, 0) is 24.5 Å². The van der Waals surface area contributed by atoms with Gasteiger partial charge in [-0.3, -0.25) is 0 Å². The molecule has 0 aliphatic heterocycles. The van der Waals surface area contributed by atoms with Gasteiger partial charge in [0.25, 0.3) is 0 Å². The van der Waals surface area contributed by atoms with E-state index in [9.17, 15) is 10.2 Å². The molecular weight excluding hydrogens is 212 g/mol. The Hall–Kier alpha value is -0.570. The van der Waals surface area contributed by atoms with Crippen molar-refractivity contribution in [1.82, 2.24) is 0 Å². The van der Waals surface area contributed by atoms with E-state index in [1.165, 1.54) is 0 Å². The van der Waals surface area contributed by atoms with Crippen LogP contribution in [0.5, 0.6) is 0 Å². The van der Waals surface area contributed by atoms with E-state index in [-0.39, 0.29) is 5.92 Å². The van der Waals surface area contributed by atoms with Gasteiger partial charge in [-0.1, -0.05) is 37.6 Å². The van der Waals surface area contributed by atoms with Crippen molar-refractivity contribution in [1.29, 1.82) is 0 Å². The molecule has 0 saturated heterocycles. The van der Waals surface area contributed by atoms with Crippen LogP contribution < -0.4 is 0 Å². The van der Waals surface area contributed by atoms with E-state index in [2.05, 4.69) is 0 Å². The molecule has 0 fully saturated rings. The fraction of sp³-hybridized carbons (Fsp3) is 0.500. The summed E-state index contributed by atoms with van der Waals surface area (Å²) in [5, 5.41) is 20.3. The van der Waals surface area contributed by atoms with Crippen LogP contribution in [0.4, 0.5) is 0 Å². The molecule has 0 aliphatic carbocycles. The van der Waals surface area contributed by atoms with E-state index in [1.807, 2.05) is 32.9 Å². The van der Waals surface area contributed by atoms with Crippen LogP contribution in [0, 0.1) is 12.8 Å². The molecule has 1 aromatic carbocycles. The van der Waals surface area contributed by atoms with Crippen molar-refractivity contribution >= 4 is 11.6 Å². The average molecular weight is 229 g/mol. The van der Waals surface area contributed by atoms with Crippen LogP contribution in [0.15, 0.2) is 18.2 Å². The zero-order valence-corrected chi connectivity index (χ0v) is 9.99. The smallest absolute Gasteiger partial charge is 0.107 e. The molecule has 2 N–H and O–H groups in total. The van der Waals surface area contributed by atoms with Gasteiger partial charge in [-0.25, -0.2) is 0 Å². The zero-order valence-electron chi connectivity index (χ0n) is 9.24. The standard InChI is InChI=1S/C12H17ClO2/c1-7(2)11(14)12(15)10-8(3)5-4-6-9(10)13/h4-7,11-12,14-15H,1-3H3/t11-,12-/m1/s1. The SMILES string of the molecule is Cc1cccc(Cl)c1[C@@H](O)[C@H](O)C(C)C. The molecule has 3 heteroatoms. The van der Waals surface area contributed by atoms with Gasteiger partial charge in [0.1, 0.15) is 6.10 Å². The summed E-state index contributed by atoms with van der Waals surface area (Å²) in [7, 11) is 0. The molecule has 2 atom stereocenters. The lowest BCUT2D eigenvalue weighted by Gasteiger charge is -2.23. The van der Waals surface area contributed by atoms with Crippen molar-refractivity contribution in [2.75, 3.05) is 0 Å². The van der Waals surface area contributed by atoms with Crippen molar-refractivity contribution in [2.45, 2.75) is 33.0 Å². The van der Waals surface area contributed by atoms with Crippen molar-refractivity contribution < 1.29 is 10.2 Å². The number of aliphatic hydroxyl groups excluding tert-OH is 2. The molecule has 0 aliphatic rings. The van der Waals surface area contributed by atoms with Crippen LogP contribution >= 0.6 is 11.6 Å². The molecule has 0 amide bonds. The van der Waals surface area contributed by atoms with Crippen LogP contribution in [-0.4, -0.2) is 16.3 Å². The molecule has 0 saturated carbocycles. The van der Waals surface area contributed by atoms with Crippen molar-refractivity contribution in [3.63, 3.8) is 0 Å². The predicted molar refractivity (Wildman–Crippen MR) is 62.0 cm³/mol. The van der Waals surface area contributed by atoms with Gasteiger partial charge >= 0.3 is 0 Å². The number of aryl methyl sites for hydroxylation is 1. The maximum Gasteiger partial charge on any atom is 0.107 e. The average Bonchev–Trinajstić information content (AvgIpc) is 2.15. The fourth-order valence-corrected chi connectivity index (χ4v) is 1.89. The first-order valence-corrected chi connectivity index (χ1v) is 5.44. The summed E-state index contributed by atoms with van der Waals surface area (Å²) in [6.07, 6.45) is -1.71. The largest absolute Gasteiger partial charge is 0.390 e. The third-order valence-corrected chi connectivity index (χ3v) is 2.90. The lowest BCUT2D eigenvalue weighted by atomic mass is 9.93. The van der Waals surface area contributed by atoms with Gasteiger partial charge in [0.15, 0.2) is 0 Å². The molecule has 2 nitrogen and oxygen atoms in total. The topological polar surface area (TPSA) is 40.5 Å². The maximum absolute atomic E-state index is 9.99. The van der Waals surface area contributed by atoms with E-state index in [4.69, 9.17) is 11.6 Å². The molecular formula is C12H17ClO2. The first kappa shape index (κ1) is 12.5. The predicted octanol–water partition coefficient (Wildman–Crippen LogP) is 2.70. The van der Waals surface area contributed by atoms with Gasteiger partial charge in [0.05, 0.1) is 6.10 Å². The minimum Gasteiger partial charge on any atom is -0.390 e. The fourth-order valence-electron chi connectivity index (χ4n) is 1.55. The third kappa shape index (κ3) is 2.71. The van der Waals surface area contributed by atoms with Gasteiger partial charge < -0.3 is 10.2 Å². The number of hydrogen-bond acceptors (Lipinski definition) is 2. The molecule has 1 aromatic rings. The Morgan fingerprint density at radius 1 is 1.20 bits per heavy atom. The van der Waals surface area contributed by atoms with Crippen LogP contribution in [0.1, 0.15) is 31.1 Å².